The van der Waals surface area contributed by atoms with Crippen molar-refractivity contribution in [3.63, 3.8) is 0 Å². The fraction of sp³-hybridized carbons (Fsp3) is 0.400. The van der Waals surface area contributed by atoms with Gasteiger partial charge >= 0.3 is 0 Å². The van der Waals surface area contributed by atoms with Crippen molar-refractivity contribution in [2.75, 3.05) is 12.3 Å². The van der Waals surface area contributed by atoms with Gasteiger partial charge in [-0.3, -0.25) is 4.79 Å². The summed E-state index contributed by atoms with van der Waals surface area (Å²) in [5.41, 5.74) is 0.177. The first kappa shape index (κ1) is 17.4. The largest absolute Gasteiger partial charge is 0.496 e. The highest BCUT2D eigenvalue weighted by Crippen LogP contribution is 2.46. The zero-order valence-corrected chi connectivity index (χ0v) is 15.1. The minimum absolute atomic E-state index is 0.00129. The topological polar surface area (TPSA) is 72.9 Å². The van der Waals surface area contributed by atoms with Crippen molar-refractivity contribution in [2.45, 2.75) is 18.2 Å². The Morgan fingerprint density at radius 2 is 2.04 bits per heavy atom. The lowest BCUT2D eigenvalue weighted by atomic mass is 10.2. The predicted molar refractivity (Wildman–Crippen MR) is 89.3 cm³/mol. The maximum absolute atomic E-state index is 12.9. The van der Waals surface area contributed by atoms with E-state index in [-0.39, 0.29) is 16.5 Å². The Bertz CT molecular complexity index is 804. The van der Waals surface area contributed by atoms with Crippen LogP contribution < -0.4 is 4.74 Å². The highest BCUT2D eigenvalue weighted by atomic mass is 35.5. The SMILES string of the molecule is COc1ccccc1C(=O)N1OC(C2CC2)=C(Cl)C1S(=O)(=O)CCl. The van der Waals surface area contributed by atoms with Gasteiger partial charge in [0.15, 0.2) is 15.6 Å². The minimum Gasteiger partial charge on any atom is -0.496 e. The normalized spacial score (nSPS) is 21.0. The average molecular weight is 392 g/mol. The molecule has 1 fully saturated rings. The molecule has 0 bridgehead atoms. The molecule has 1 aromatic rings. The summed E-state index contributed by atoms with van der Waals surface area (Å²) in [6.45, 7) is 0. The molecule has 1 aliphatic heterocycles. The molecular formula is C15H15Cl2NO5S. The Kier molecular flexibility index (Phi) is 4.68. The van der Waals surface area contributed by atoms with E-state index >= 15 is 0 Å². The number of sulfone groups is 1. The number of rotatable bonds is 5. The molecule has 9 heteroatoms. The summed E-state index contributed by atoms with van der Waals surface area (Å²) < 4.78 is 29.9. The number of carbonyl (C=O) groups is 1. The highest BCUT2D eigenvalue weighted by Gasteiger charge is 2.49. The molecule has 1 atom stereocenters. The van der Waals surface area contributed by atoms with Crippen LogP contribution in [0.15, 0.2) is 35.1 Å². The molecule has 1 heterocycles. The maximum Gasteiger partial charge on any atom is 0.291 e. The predicted octanol–water partition coefficient (Wildman–Crippen LogP) is 2.88. The van der Waals surface area contributed by atoms with Crippen LogP contribution in [0.1, 0.15) is 23.2 Å². The zero-order chi connectivity index (χ0) is 17.5. The van der Waals surface area contributed by atoms with Crippen LogP contribution in [0.3, 0.4) is 0 Å². The Labute approximate surface area is 149 Å². The number of allylic oxidation sites excluding steroid dienone is 1. The molecule has 3 rings (SSSR count). The first-order valence-corrected chi connectivity index (χ1v) is 9.85. The van der Waals surface area contributed by atoms with Crippen LogP contribution in [0.5, 0.6) is 5.75 Å². The van der Waals surface area contributed by atoms with Gasteiger partial charge in [0.1, 0.15) is 16.0 Å². The van der Waals surface area contributed by atoms with Crippen molar-refractivity contribution < 1.29 is 22.8 Å². The number of methoxy groups -OCH3 is 1. The number of amides is 1. The summed E-state index contributed by atoms with van der Waals surface area (Å²) in [7, 11) is -2.47. The Morgan fingerprint density at radius 3 is 2.62 bits per heavy atom. The molecule has 0 saturated heterocycles. The van der Waals surface area contributed by atoms with E-state index in [4.69, 9.17) is 32.8 Å². The van der Waals surface area contributed by atoms with Crippen LogP contribution in [-0.2, 0) is 14.7 Å². The lowest BCUT2D eigenvalue weighted by Crippen LogP contribution is -2.41. The Balaban J connectivity index is 2.01. The van der Waals surface area contributed by atoms with Crippen molar-refractivity contribution in [3.05, 3.63) is 40.6 Å². The number of alkyl halides is 1. The number of hydrogen-bond acceptors (Lipinski definition) is 5. The molecule has 1 aliphatic carbocycles. The van der Waals surface area contributed by atoms with Gasteiger partial charge in [-0.25, -0.2) is 8.42 Å². The van der Waals surface area contributed by atoms with E-state index in [1.807, 2.05) is 0 Å². The quantitative estimate of drug-likeness (QED) is 0.721. The van der Waals surface area contributed by atoms with E-state index in [1.54, 1.807) is 18.2 Å². The smallest absolute Gasteiger partial charge is 0.291 e. The van der Waals surface area contributed by atoms with E-state index < -0.39 is 26.3 Å². The molecule has 2 aliphatic rings. The molecule has 6 nitrogen and oxygen atoms in total. The van der Waals surface area contributed by atoms with Gasteiger partial charge in [-0.2, -0.15) is 0 Å². The third-order valence-electron chi connectivity index (χ3n) is 3.84. The van der Waals surface area contributed by atoms with Crippen LogP contribution >= 0.6 is 23.2 Å². The second-order valence-corrected chi connectivity index (χ2v) is 8.59. The van der Waals surface area contributed by atoms with Crippen molar-refractivity contribution in [1.82, 2.24) is 5.06 Å². The van der Waals surface area contributed by atoms with Crippen molar-refractivity contribution in [1.29, 1.82) is 0 Å². The number of para-hydroxylation sites is 1. The number of nitrogens with zero attached hydrogens (tertiary/aromatic N) is 1. The summed E-state index contributed by atoms with van der Waals surface area (Å²) in [6.07, 6.45) is 1.69. The first-order chi connectivity index (χ1) is 11.4. The van der Waals surface area contributed by atoms with Crippen LogP contribution in [-0.4, -0.2) is 37.1 Å². The second-order valence-electron chi connectivity index (χ2n) is 5.53. The number of hydroxylamine groups is 2. The van der Waals surface area contributed by atoms with E-state index in [9.17, 15) is 13.2 Å². The van der Waals surface area contributed by atoms with Crippen molar-refractivity contribution in [3.8, 4) is 5.75 Å². The van der Waals surface area contributed by atoms with Gasteiger partial charge in [-0.1, -0.05) is 23.7 Å². The number of benzene rings is 1. The number of halogens is 2. The molecule has 0 N–H and O–H groups in total. The van der Waals surface area contributed by atoms with Gasteiger partial charge in [-0.15, -0.1) is 16.7 Å². The first-order valence-electron chi connectivity index (χ1n) is 7.22. The molecule has 24 heavy (non-hydrogen) atoms. The van der Waals surface area contributed by atoms with Crippen LogP contribution in [0.2, 0.25) is 0 Å². The fourth-order valence-electron chi connectivity index (χ4n) is 2.49. The summed E-state index contributed by atoms with van der Waals surface area (Å²) >= 11 is 11.8. The molecule has 1 aromatic carbocycles. The van der Waals surface area contributed by atoms with Crippen LogP contribution in [0.25, 0.3) is 0 Å². The van der Waals surface area contributed by atoms with Gasteiger partial charge in [0.05, 0.1) is 12.7 Å². The molecule has 130 valence electrons. The third kappa shape index (κ3) is 2.96. The Hall–Kier alpha value is -1.44. The highest BCUT2D eigenvalue weighted by molar-refractivity contribution is 7.93. The molecule has 1 unspecified atom stereocenters. The molecular weight excluding hydrogens is 377 g/mol. The van der Waals surface area contributed by atoms with Gasteiger partial charge < -0.3 is 9.57 Å². The number of carbonyl (C=O) groups excluding carboxylic acids is 1. The third-order valence-corrected chi connectivity index (χ3v) is 6.69. The molecule has 1 amide bonds. The Morgan fingerprint density at radius 1 is 1.38 bits per heavy atom. The van der Waals surface area contributed by atoms with E-state index in [1.165, 1.54) is 13.2 Å². The average Bonchev–Trinajstić information content (AvgIpc) is 3.36. The maximum atomic E-state index is 12.9. The number of ether oxygens (including phenoxy) is 1. The molecule has 0 radical (unpaired) electrons. The second kappa shape index (κ2) is 6.46. The molecule has 0 aromatic heterocycles. The minimum atomic E-state index is -3.89. The lowest BCUT2D eigenvalue weighted by molar-refractivity contribution is -0.0722. The van der Waals surface area contributed by atoms with Crippen LogP contribution in [0, 0.1) is 5.92 Å². The van der Waals surface area contributed by atoms with E-state index in [0.29, 0.717) is 11.5 Å². The van der Waals surface area contributed by atoms with E-state index in [0.717, 1.165) is 17.9 Å². The summed E-state index contributed by atoms with van der Waals surface area (Å²) in [5, 5.41) is -1.33. The summed E-state index contributed by atoms with van der Waals surface area (Å²) in [4.78, 5) is 18.4. The van der Waals surface area contributed by atoms with Gasteiger partial charge in [0.2, 0.25) is 5.37 Å². The summed E-state index contributed by atoms with van der Waals surface area (Å²) in [6, 6.07) is 6.48. The van der Waals surface area contributed by atoms with Gasteiger partial charge in [0.25, 0.3) is 5.91 Å². The van der Waals surface area contributed by atoms with Crippen LogP contribution in [0.4, 0.5) is 0 Å². The molecule has 0 spiro atoms. The van der Waals surface area contributed by atoms with Gasteiger partial charge in [-0.05, 0) is 25.0 Å². The van der Waals surface area contributed by atoms with Gasteiger partial charge in [0, 0.05) is 5.92 Å². The van der Waals surface area contributed by atoms with E-state index in [2.05, 4.69) is 0 Å². The summed E-state index contributed by atoms with van der Waals surface area (Å²) in [5.74, 6) is 0.0312. The number of hydrogen-bond donors (Lipinski definition) is 0. The monoisotopic (exact) mass is 391 g/mol. The standard InChI is InChI=1S/C15H15Cl2NO5S/c1-22-11-5-3-2-4-10(11)14(19)18-15(24(20,21)8-16)12(17)13(23-18)9-6-7-9/h2-5,9,15H,6-8H2,1H3. The zero-order valence-electron chi connectivity index (χ0n) is 12.7. The van der Waals surface area contributed by atoms with Crippen molar-refractivity contribution in [2.24, 2.45) is 5.92 Å². The lowest BCUT2D eigenvalue weighted by Gasteiger charge is -2.23. The van der Waals surface area contributed by atoms with Crippen molar-refractivity contribution >= 4 is 38.9 Å². The fourth-order valence-corrected chi connectivity index (χ4v) is 4.51. The molecule has 1 saturated carbocycles.